The van der Waals surface area contributed by atoms with E-state index in [4.69, 9.17) is 0 Å². The molecule has 90 valence electrons. The van der Waals surface area contributed by atoms with E-state index in [0.717, 1.165) is 16.1 Å². The standard InChI is InChI=1S/C12H9BrF2OS/c13-11-6-17-5-10(11)12(16)3-7-1-8(14)4-9(15)2-7/h1-2,4-6,12,16H,3H2. The Hall–Kier alpha value is -0.780. The second-order valence-corrected chi connectivity index (χ2v) is 5.27. The minimum Gasteiger partial charge on any atom is -0.388 e. The lowest BCUT2D eigenvalue weighted by Gasteiger charge is -2.10. The Morgan fingerprint density at radius 2 is 1.82 bits per heavy atom. The Labute approximate surface area is 110 Å². The first kappa shape index (κ1) is 12.7. The first-order valence-corrected chi connectivity index (χ1v) is 6.64. The summed E-state index contributed by atoms with van der Waals surface area (Å²) in [6.07, 6.45) is -0.582. The lowest BCUT2D eigenvalue weighted by atomic mass is 10.0. The van der Waals surface area contributed by atoms with E-state index >= 15 is 0 Å². The summed E-state index contributed by atoms with van der Waals surface area (Å²) >= 11 is 4.77. The van der Waals surface area contributed by atoms with E-state index < -0.39 is 17.7 Å². The molecule has 0 fully saturated rings. The smallest absolute Gasteiger partial charge is 0.126 e. The van der Waals surface area contributed by atoms with Crippen LogP contribution in [0.1, 0.15) is 17.2 Å². The molecule has 0 spiro atoms. The number of hydrogen-bond donors (Lipinski definition) is 1. The summed E-state index contributed by atoms with van der Waals surface area (Å²) in [6.45, 7) is 0. The van der Waals surface area contributed by atoms with Gasteiger partial charge < -0.3 is 5.11 Å². The summed E-state index contributed by atoms with van der Waals surface area (Å²) in [5, 5.41) is 13.6. The van der Waals surface area contributed by atoms with E-state index in [2.05, 4.69) is 15.9 Å². The fraction of sp³-hybridized carbons (Fsp3) is 0.167. The van der Waals surface area contributed by atoms with Gasteiger partial charge >= 0.3 is 0 Å². The quantitative estimate of drug-likeness (QED) is 0.904. The number of aliphatic hydroxyl groups is 1. The van der Waals surface area contributed by atoms with E-state index in [0.29, 0.717) is 5.56 Å². The molecule has 0 aliphatic heterocycles. The minimum absolute atomic E-state index is 0.185. The molecule has 1 heterocycles. The zero-order valence-corrected chi connectivity index (χ0v) is 11.1. The van der Waals surface area contributed by atoms with Crippen LogP contribution in [0.3, 0.4) is 0 Å². The highest BCUT2D eigenvalue weighted by Gasteiger charge is 2.13. The normalized spacial score (nSPS) is 12.7. The molecule has 5 heteroatoms. The minimum atomic E-state index is -0.767. The monoisotopic (exact) mass is 318 g/mol. The van der Waals surface area contributed by atoms with E-state index in [1.807, 2.05) is 10.8 Å². The van der Waals surface area contributed by atoms with Crippen LogP contribution in [0.25, 0.3) is 0 Å². The molecule has 0 aliphatic rings. The highest BCUT2D eigenvalue weighted by Crippen LogP contribution is 2.29. The van der Waals surface area contributed by atoms with Crippen molar-refractivity contribution in [1.29, 1.82) is 0 Å². The van der Waals surface area contributed by atoms with Gasteiger partial charge in [0.05, 0.1) is 6.10 Å². The van der Waals surface area contributed by atoms with Gasteiger partial charge in [0.25, 0.3) is 0 Å². The maximum absolute atomic E-state index is 13.0. The molecule has 0 amide bonds. The largest absolute Gasteiger partial charge is 0.388 e. The molecule has 1 aromatic heterocycles. The molecule has 1 N–H and O–H groups in total. The van der Waals surface area contributed by atoms with Crippen molar-refractivity contribution in [2.75, 3.05) is 0 Å². The fourth-order valence-electron chi connectivity index (χ4n) is 1.59. The molecule has 1 atom stereocenters. The van der Waals surface area contributed by atoms with E-state index in [1.54, 1.807) is 0 Å². The predicted molar refractivity (Wildman–Crippen MR) is 67.0 cm³/mol. The lowest BCUT2D eigenvalue weighted by molar-refractivity contribution is 0.178. The number of benzene rings is 1. The third-order valence-electron chi connectivity index (χ3n) is 2.35. The Bertz CT molecular complexity index is 507. The third-order valence-corrected chi connectivity index (χ3v) is 4.10. The average Bonchev–Trinajstić information content (AvgIpc) is 2.62. The van der Waals surface area contributed by atoms with Gasteiger partial charge in [-0.15, -0.1) is 0 Å². The highest BCUT2D eigenvalue weighted by atomic mass is 79.9. The van der Waals surface area contributed by atoms with E-state index in [1.165, 1.54) is 23.5 Å². The number of rotatable bonds is 3. The van der Waals surface area contributed by atoms with E-state index in [-0.39, 0.29) is 6.42 Å². The Morgan fingerprint density at radius 3 is 2.35 bits per heavy atom. The Balaban J connectivity index is 2.18. The van der Waals surface area contributed by atoms with Crippen LogP contribution in [0.2, 0.25) is 0 Å². The Morgan fingerprint density at radius 1 is 1.18 bits per heavy atom. The van der Waals surface area contributed by atoms with Crippen LogP contribution in [-0.4, -0.2) is 5.11 Å². The fourth-order valence-corrected chi connectivity index (χ4v) is 3.20. The maximum atomic E-state index is 13.0. The number of aliphatic hydroxyl groups excluding tert-OH is 1. The summed E-state index contributed by atoms with van der Waals surface area (Å²) in [6, 6.07) is 3.27. The van der Waals surface area contributed by atoms with Gasteiger partial charge in [0.2, 0.25) is 0 Å². The summed E-state index contributed by atoms with van der Waals surface area (Å²) in [5.74, 6) is -1.26. The number of hydrogen-bond acceptors (Lipinski definition) is 2. The van der Waals surface area contributed by atoms with Crippen LogP contribution < -0.4 is 0 Å². The molecule has 0 aliphatic carbocycles. The molecule has 1 unspecified atom stereocenters. The molecule has 2 rings (SSSR count). The second kappa shape index (κ2) is 5.25. The van der Waals surface area contributed by atoms with Crippen LogP contribution in [-0.2, 0) is 6.42 Å². The molecular formula is C12H9BrF2OS. The Kier molecular flexibility index (Phi) is 3.91. The van der Waals surface area contributed by atoms with Crippen LogP contribution in [0.5, 0.6) is 0 Å². The SMILES string of the molecule is OC(Cc1cc(F)cc(F)c1)c1cscc1Br. The van der Waals surface area contributed by atoms with Gasteiger partial charge in [0, 0.05) is 27.9 Å². The highest BCUT2D eigenvalue weighted by molar-refractivity contribution is 9.10. The maximum Gasteiger partial charge on any atom is 0.126 e. The molecule has 0 bridgehead atoms. The summed E-state index contributed by atoms with van der Waals surface area (Å²) in [4.78, 5) is 0. The average molecular weight is 319 g/mol. The summed E-state index contributed by atoms with van der Waals surface area (Å²) in [5.41, 5.74) is 1.17. The topological polar surface area (TPSA) is 20.2 Å². The number of thiophene rings is 1. The van der Waals surface area contributed by atoms with Crippen molar-refractivity contribution in [2.45, 2.75) is 12.5 Å². The molecule has 2 aromatic rings. The zero-order valence-electron chi connectivity index (χ0n) is 8.66. The van der Waals surface area contributed by atoms with Crippen molar-refractivity contribution in [1.82, 2.24) is 0 Å². The second-order valence-electron chi connectivity index (χ2n) is 3.67. The van der Waals surface area contributed by atoms with E-state index in [9.17, 15) is 13.9 Å². The molecule has 0 saturated carbocycles. The van der Waals surface area contributed by atoms with Gasteiger partial charge in [-0.3, -0.25) is 0 Å². The summed E-state index contributed by atoms with van der Waals surface area (Å²) in [7, 11) is 0. The van der Waals surface area contributed by atoms with Gasteiger partial charge in [0.15, 0.2) is 0 Å². The zero-order chi connectivity index (χ0) is 12.4. The molecule has 0 radical (unpaired) electrons. The van der Waals surface area contributed by atoms with Crippen LogP contribution in [0, 0.1) is 11.6 Å². The van der Waals surface area contributed by atoms with Crippen LogP contribution in [0.15, 0.2) is 33.4 Å². The first-order valence-electron chi connectivity index (χ1n) is 4.91. The van der Waals surface area contributed by atoms with Crippen LogP contribution >= 0.6 is 27.3 Å². The lowest BCUT2D eigenvalue weighted by Crippen LogP contribution is -2.02. The van der Waals surface area contributed by atoms with Crippen molar-refractivity contribution >= 4 is 27.3 Å². The van der Waals surface area contributed by atoms with Gasteiger partial charge in [0.1, 0.15) is 11.6 Å². The predicted octanol–water partition coefficient (Wildman–Crippen LogP) is 4.06. The molecule has 0 saturated heterocycles. The van der Waals surface area contributed by atoms with Gasteiger partial charge in [-0.1, -0.05) is 0 Å². The van der Waals surface area contributed by atoms with Crippen molar-refractivity contribution in [3.05, 3.63) is 56.2 Å². The van der Waals surface area contributed by atoms with Crippen molar-refractivity contribution in [3.63, 3.8) is 0 Å². The van der Waals surface area contributed by atoms with Gasteiger partial charge in [-0.25, -0.2) is 8.78 Å². The van der Waals surface area contributed by atoms with Gasteiger partial charge in [-0.05, 0) is 39.0 Å². The molecule has 1 nitrogen and oxygen atoms in total. The molecular weight excluding hydrogens is 310 g/mol. The van der Waals surface area contributed by atoms with Crippen molar-refractivity contribution < 1.29 is 13.9 Å². The van der Waals surface area contributed by atoms with Crippen LogP contribution in [0.4, 0.5) is 8.78 Å². The number of halogens is 3. The van der Waals surface area contributed by atoms with Crippen molar-refractivity contribution in [3.8, 4) is 0 Å². The van der Waals surface area contributed by atoms with Gasteiger partial charge in [-0.2, -0.15) is 11.3 Å². The summed E-state index contributed by atoms with van der Waals surface area (Å²) < 4.78 is 26.8. The van der Waals surface area contributed by atoms with Crippen molar-refractivity contribution in [2.24, 2.45) is 0 Å². The first-order chi connectivity index (χ1) is 8.06. The molecule has 1 aromatic carbocycles. The third kappa shape index (κ3) is 3.12. The molecule has 17 heavy (non-hydrogen) atoms.